The second kappa shape index (κ2) is 3.97. The maximum atomic E-state index is 12.9. The molecule has 0 bridgehead atoms. The van der Waals surface area contributed by atoms with Gasteiger partial charge in [0, 0.05) is 26.2 Å². The Balaban J connectivity index is 2.32. The Labute approximate surface area is 65.6 Å². The lowest BCUT2D eigenvalue weighted by Crippen LogP contribution is -2.49. The Hall–Kier alpha value is -0.220. The van der Waals surface area contributed by atoms with Crippen molar-refractivity contribution in [1.29, 1.82) is 0 Å². The van der Waals surface area contributed by atoms with Gasteiger partial charge in [-0.3, -0.25) is 4.90 Å². The first kappa shape index (κ1) is 8.87. The minimum atomic E-state index is -1.42. The van der Waals surface area contributed by atoms with Crippen LogP contribution in [0.5, 0.6) is 0 Å². The first-order chi connectivity index (χ1) is 5.22. The van der Waals surface area contributed by atoms with E-state index in [1.54, 1.807) is 0 Å². The predicted molar refractivity (Wildman–Crippen MR) is 39.9 cm³/mol. The number of hydrogen-bond acceptors (Lipinski definition) is 2. The number of alkyl halides is 2. The van der Waals surface area contributed by atoms with Gasteiger partial charge in [0.25, 0.3) is 0 Å². The van der Waals surface area contributed by atoms with E-state index in [2.05, 4.69) is 5.32 Å². The lowest BCUT2D eigenvalue weighted by molar-refractivity contribution is 0.0132. The maximum absolute atomic E-state index is 12.9. The minimum absolute atomic E-state index is 0.607. The van der Waals surface area contributed by atoms with Gasteiger partial charge in [-0.25, -0.2) is 8.78 Å². The van der Waals surface area contributed by atoms with E-state index in [9.17, 15) is 8.78 Å². The molecule has 66 valence electrons. The average Bonchev–Trinajstić information content (AvgIpc) is 2.05. The van der Waals surface area contributed by atoms with E-state index in [4.69, 9.17) is 0 Å². The van der Waals surface area contributed by atoms with Crippen molar-refractivity contribution in [2.45, 2.75) is 19.4 Å². The third-order valence-corrected chi connectivity index (χ3v) is 1.88. The number of nitrogens with zero attached hydrogens (tertiary/aromatic N) is 1. The molecule has 0 amide bonds. The Morgan fingerprint density at radius 2 is 1.82 bits per heavy atom. The Bertz CT molecular complexity index is 113. The zero-order chi connectivity index (χ0) is 8.27. The third-order valence-electron chi connectivity index (χ3n) is 1.88. The van der Waals surface area contributed by atoms with Crippen LogP contribution in [-0.2, 0) is 0 Å². The summed E-state index contributed by atoms with van der Waals surface area (Å²) < 4.78 is 25.4. The van der Waals surface area contributed by atoms with Gasteiger partial charge in [0.1, 0.15) is 6.17 Å². The lowest BCUT2D eigenvalue weighted by atomic mass is 10.3. The highest BCUT2D eigenvalue weighted by atomic mass is 19.2. The summed E-state index contributed by atoms with van der Waals surface area (Å²) in [4.78, 5) is 1.53. The Kier molecular flexibility index (Phi) is 3.20. The quantitative estimate of drug-likeness (QED) is 0.599. The monoisotopic (exact) mass is 164 g/mol. The third kappa shape index (κ3) is 2.38. The highest BCUT2D eigenvalue weighted by Gasteiger charge is 2.24. The van der Waals surface area contributed by atoms with Gasteiger partial charge in [-0.05, 0) is 6.92 Å². The summed E-state index contributed by atoms with van der Waals surface area (Å²) >= 11 is 0. The van der Waals surface area contributed by atoms with E-state index in [0.29, 0.717) is 13.1 Å². The molecule has 0 aromatic heterocycles. The molecule has 2 nitrogen and oxygen atoms in total. The van der Waals surface area contributed by atoms with Gasteiger partial charge >= 0.3 is 0 Å². The summed E-state index contributed by atoms with van der Waals surface area (Å²) in [5.41, 5.74) is 0. The molecule has 11 heavy (non-hydrogen) atoms. The largest absolute Gasteiger partial charge is 0.314 e. The fraction of sp³-hybridized carbons (Fsp3) is 1.00. The summed E-state index contributed by atoms with van der Waals surface area (Å²) in [5.74, 6) is 0. The normalized spacial score (nSPS) is 26.5. The van der Waals surface area contributed by atoms with Crippen molar-refractivity contribution in [3.63, 3.8) is 0 Å². The van der Waals surface area contributed by atoms with Gasteiger partial charge in [-0.15, -0.1) is 0 Å². The molecule has 1 N–H and O–H groups in total. The average molecular weight is 164 g/mol. The van der Waals surface area contributed by atoms with Crippen LogP contribution in [0.15, 0.2) is 0 Å². The zero-order valence-corrected chi connectivity index (χ0v) is 6.69. The summed E-state index contributed by atoms with van der Waals surface area (Å²) in [5, 5.41) is 3.08. The minimum Gasteiger partial charge on any atom is -0.314 e. The number of piperazine rings is 1. The topological polar surface area (TPSA) is 15.3 Å². The molecule has 1 fully saturated rings. The van der Waals surface area contributed by atoms with Crippen LogP contribution in [0.2, 0.25) is 0 Å². The molecule has 1 saturated heterocycles. The van der Waals surface area contributed by atoms with Gasteiger partial charge in [-0.2, -0.15) is 0 Å². The van der Waals surface area contributed by atoms with E-state index < -0.39 is 12.5 Å². The fourth-order valence-corrected chi connectivity index (χ4v) is 1.22. The number of hydrogen-bond donors (Lipinski definition) is 1. The van der Waals surface area contributed by atoms with Crippen LogP contribution in [0.1, 0.15) is 6.92 Å². The lowest BCUT2D eigenvalue weighted by Gasteiger charge is -2.30. The molecule has 0 radical (unpaired) electrons. The van der Waals surface area contributed by atoms with E-state index in [1.165, 1.54) is 11.8 Å². The highest BCUT2D eigenvalue weighted by molar-refractivity contribution is 4.73. The molecular formula is C7H14F2N2. The van der Waals surface area contributed by atoms with Crippen molar-refractivity contribution in [3.8, 4) is 0 Å². The standard InChI is InChI=1S/C7H14F2N2/c1-6(8)7(9)11-4-2-10-3-5-11/h6-7,10H,2-5H2,1H3. The van der Waals surface area contributed by atoms with Crippen LogP contribution < -0.4 is 5.32 Å². The van der Waals surface area contributed by atoms with Crippen molar-refractivity contribution >= 4 is 0 Å². The molecule has 0 aliphatic carbocycles. The number of nitrogens with one attached hydrogen (secondary N) is 1. The summed E-state index contributed by atoms with van der Waals surface area (Å²) in [6.07, 6.45) is -2.80. The molecule has 1 aliphatic rings. The van der Waals surface area contributed by atoms with Crippen LogP contribution in [0.4, 0.5) is 8.78 Å². The number of halogens is 2. The van der Waals surface area contributed by atoms with Gasteiger partial charge in [0.15, 0.2) is 6.30 Å². The van der Waals surface area contributed by atoms with Crippen LogP contribution in [0, 0.1) is 0 Å². The van der Waals surface area contributed by atoms with Crippen LogP contribution in [-0.4, -0.2) is 43.5 Å². The molecule has 4 heteroatoms. The smallest absolute Gasteiger partial charge is 0.184 e. The van der Waals surface area contributed by atoms with E-state index in [0.717, 1.165) is 13.1 Å². The molecule has 0 spiro atoms. The van der Waals surface area contributed by atoms with Gasteiger partial charge in [-0.1, -0.05) is 0 Å². The van der Waals surface area contributed by atoms with Gasteiger partial charge in [0.2, 0.25) is 0 Å². The predicted octanol–water partition coefficient (Wildman–Crippen LogP) is 0.545. The zero-order valence-electron chi connectivity index (χ0n) is 6.69. The fourth-order valence-electron chi connectivity index (χ4n) is 1.22. The summed E-state index contributed by atoms with van der Waals surface area (Å²) in [6.45, 7) is 3.98. The summed E-state index contributed by atoms with van der Waals surface area (Å²) in [7, 11) is 0. The summed E-state index contributed by atoms with van der Waals surface area (Å²) in [6, 6.07) is 0. The SMILES string of the molecule is CC(F)C(F)N1CCNCC1. The molecule has 0 aromatic rings. The molecule has 0 aromatic carbocycles. The van der Waals surface area contributed by atoms with E-state index in [1.807, 2.05) is 0 Å². The van der Waals surface area contributed by atoms with Gasteiger partial charge < -0.3 is 5.32 Å². The Morgan fingerprint density at radius 1 is 1.27 bits per heavy atom. The van der Waals surface area contributed by atoms with E-state index in [-0.39, 0.29) is 0 Å². The molecule has 2 unspecified atom stereocenters. The first-order valence-electron chi connectivity index (χ1n) is 3.94. The molecular weight excluding hydrogens is 150 g/mol. The van der Waals surface area contributed by atoms with E-state index >= 15 is 0 Å². The van der Waals surface area contributed by atoms with Crippen LogP contribution in [0.3, 0.4) is 0 Å². The molecule has 0 saturated carbocycles. The van der Waals surface area contributed by atoms with Crippen LogP contribution in [0.25, 0.3) is 0 Å². The van der Waals surface area contributed by atoms with Crippen molar-refractivity contribution in [2.75, 3.05) is 26.2 Å². The van der Waals surface area contributed by atoms with Crippen molar-refractivity contribution in [1.82, 2.24) is 10.2 Å². The van der Waals surface area contributed by atoms with Crippen molar-refractivity contribution in [3.05, 3.63) is 0 Å². The maximum Gasteiger partial charge on any atom is 0.184 e. The highest BCUT2D eigenvalue weighted by Crippen LogP contribution is 2.09. The molecule has 1 rings (SSSR count). The van der Waals surface area contributed by atoms with Crippen molar-refractivity contribution in [2.24, 2.45) is 0 Å². The molecule has 2 atom stereocenters. The first-order valence-corrected chi connectivity index (χ1v) is 3.94. The van der Waals surface area contributed by atoms with Gasteiger partial charge in [0.05, 0.1) is 0 Å². The molecule has 1 aliphatic heterocycles. The second-order valence-electron chi connectivity index (χ2n) is 2.84. The van der Waals surface area contributed by atoms with Crippen molar-refractivity contribution < 1.29 is 8.78 Å². The Morgan fingerprint density at radius 3 is 2.27 bits per heavy atom. The van der Waals surface area contributed by atoms with Crippen LogP contribution >= 0.6 is 0 Å². The molecule has 1 heterocycles. The number of rotatable bonds is 2. The second-order valence-corrected chi connectivity index (χ2v) is 2.84.